The van der Waals surface area contributed by atoms with Crippen molar-refractivity contribution < 1.29 is 13.6 Å². The Morgan fingerprint density at radius 2 is 2.12 bits per heavy atom. The van der Waals surface area contributed by atoms with E-state index in [9.17, 15) is 9.18 Å². The van der Waals surface area contributed by atoms with Gasteiger partial charge in [0.1, 0.15) is 5.82 Å². The van der Waals surface area contributed by atoms with Gasteiger partial charge >= 0.3 is 0 Å². The van der Waals surface area contributed by atoms with Crippen LogP contribution in [-0.2, 0) is 0 Å². The Hall–Kier alpha value is -2.01. The molecule has 1 aromatic heterocycles. The van der Waals surface area contributed by atoms with E-state index >= 15 is 0 Å². The molecule has 88 valence electrons. The number of carbonyl (C=O) groups excluding carboxylic acids is 1. The zero-order chi connectivity index (χ0) is 12.4. The van der Waals surface area contributed by atoms with E-state index in [2.05, 4.69) is 5.32 Å². The normalized spacial score (nSPS) is 10.2. The van der Waals surface area contributed by atoms with Gasteiger partial charge < -0.3 is 15.5 Å². The van der Waals surface area contributed by atoms with Gasteiger partial charge in [-0.05, 0) is 41.9 Å². The number of nitrogens with two attached hydrogens (primary N) is 1. The zero-order valence-electron chi connectivity index (χ0n) is 8.54. The third-order valence-corrected chi connectivity index (χ3v) is 2.26. The fourth-order valence-electron chi connectivity index (χ4n) is 1.27. The number of hydrogen-bond donors (Lipinski definition) is 2. The molecule has 0 saturated heterocycles. The first-order valence-electron chi connectivity index (χ1n) is 4.68. The molecule has 1 aromatic carbocycles. The summed E-state index contributed by atoms with van der Waals surface area (Å²) in [6.07, 6.45) is 0. The van der Waals surface area contributed by atoms with Crippen LogP contribution < -0.4 is 11.1 Å². The van der Waals surface area contributed by atoms with E-state index in [1.807, 2.05) is 0 Å². The third kappa shape index (κ3) is 2.57. The largest absolute Gasteiger partial charge is 0.440 e. The Kier molecular flexibility index (Phi) is 3.01. The molecule has 1 amide bonds. The fourth-order valence-corrected chi connectivity index (χ4v) is 1.41. The average molecular weight is 255 g/mol. The standard InChI is InChI=1S/C11H8ClFN2O2/c12-10-4-3-9(17-10)11(16)15-8-2-1-6(13)5-7(8)14/h1-5H,14H2,(H,15,16). The van der Waals surface area contributed by atoms with Gasteiger partial charge in [0, 0.05) is 0 Å². The third-order valence-electron chi connectivity index (χ3n) is 2.06. The molecule has 2 aromatic rings. The van der Waals surface area contributed by atoms with Crippen LogP contribution in [-0.4, -0.2) is 5.91 Å². The summed E-state index contributed by atoms with van der Waals surface area (Å²) in [7, 11) is 0. The number of anilines is 2. The van der Waals surface area contributed by atoms with Gasteiger partial charge in [-0.15, -0.1) is 0 Å². The van der Waals surface area contributed by atoms with Crippen LogP contribution >= 0.6 is 11.6 Å². The minimum Gasteiger partial charge on any atom is -0.440 e. The first-order chi connectivity index (χ1) is 8.06. The second-order valence-electron chi connectivity index (χ2n) is 3.29. The van der Waals surface area contributed by atoms with E-state index in [0.717, 1.165) is 6.07 Å². The van der Waals surface area contributed by atoms with Crippen LogP contribution in [0.4, 0.5) is 15.8 Å². The molecule has 0 aliphatic rings. The molecule has 0 atom stereocenters. The van der Waals surface area contributed by atoms with Crippen LogP contribution in [0.15, 0.2) is 34.7 Å². The lowest BCUT2D eigenvalue weighted by atomic mass is 10.2. The quantitative estimate of drug-likeness (QED) is 0.810. The van der Waals surface area contributed by atoms with E-state index < -0.39 is 11.7 Å². The lowest BCUT2D eigenvalue weighted by molar-refractivity contribution is 0.0997. The highest BCUT2D eigenvalue weighted by atomic mass is 35.5. The molecule has 0 radical (unpaired) electrons. The molecular weight excluding hydrogens is 247 g/mol. The molecular formula is C11H8ClFN2O2. The highest BCUT2D eigenvalue weighted by Gasteiger charge is 2.12. The van der Waals surface area contributed by atoms with Crippen LogP contribution in [0.5, 0.6) is 0 Å². The lowest BCUT2D eigenvalue weighted by Crippen LogP contribution is -2.12. The molecule has 2 rings (SSSR count). The number of benzene rings is 1. The number of furan rings is 1. The van der Waals surface area contributed by atoms with Crippen LogP contribution in [0.25, 0.3) is 0 Å². The molecule has 0 spiro atoms. The summed E-state index contributed by atoms with van der Waals surface area (Å²) in [5.41, 5.74) is 5.99. The number of amides is 1. The topological polar surface area (TPSA) is 68.3 Å². The summed E-state index contributed by atoms with van der Waals surface area (Å²) < 4.78 is 17.7. The summed E-state index contributed by atoms with van der Waals surface area (Å²) in [4.78, 5) is 11.7. The minimum atomic E-state index is -0.504. The molecule has 6 heteroatoms. The molecule has 0 unspecified atom stereocenters. The Labute approximate surface area is 101 Å². The molecule has 0 fully saturated rings. The monoisotopic (exact) mass is 254 g/mol. The van der Waals surface area contributed by atoms with Gasteiger partial charge in [0.2, 0.25) is 0 Å². The van der Waals surface area contributed by atoms with Crippen molar-refractivity contribution in [3.8, 4) is 0 Å². The Balaban J connectivity index is 2.18. The van der Waals surface area contributed by atoms with Gasteiger partial charge in [0.15, 0.2) is 11.0 Å². The van der Waals surface area contributed by atoms with E-state index in [-0.39, 0.29) is 16.7 Å². The van der Waals surface area contributed by atoms with Gasteiger partial charge in [-0.25, -0.2) is 4.39 Å². The number of halogens is 2. The second-order valence-corrected chi connectivity index (χ2v) is 3.66. The Bertz CT molecular complexity index is 568. The maximum absolute atomic E-state index is 12.8. The molecule has 0 saturated carbocycles. The van der Waals surface area contributed by atoms with Gasteiger partial charge in [-0.3, -0.25) is 4.79 Å². The van der Waals surface area contributed by atoms with E-state index in [4.69, 9.17) is 21.8 Å². The SMILES string of the molecule is Nc1cc(F)ccc1NC(=O)c1ccc(Cl)o1. The number of nitrogens with one attached hydrogen (secondary N) is 1. The van der Waals surface area contributed by atoms with E-state index in [1.165, 1.54) is 24.3 Å². The molecule has 1 heterocycles. The summed E-state index contributed by atoms with van der Waals surface area (Å²) in [6, 6.07) is 6.56. The molecule has 0 aliphatic heterocycles. The van der Waals surface area contributed by atoms with Crippen molar-refractivity contribution in [2.45, 2.75) is 0 Å². The minimum absolute atomic E-state index is 0.0544. The predicted molar refractivity (Wildman–Crippen MR) is 62.5 cm³/mol. The van der Waals surface area contributed by atoms with Crippen molar-refractivity contribution in [1.29, 1.82) is 0 Å². The second kappa shape index (κ2) is 4.47. The van der Waals surface area contributed by atoms with Crippen LogP contribution in [0.3, 0.4) is 0 Å². The van der Waals surface area contributed by atoms with Crippen LogP contribution in [0.1, 0.15) is 10.6 Å². The molecule has 0 bridgehead atoms. The maximum atomic E-state index is 12.8. The van der Waals surface area contributed by atoms with Crippen molar-refractivity contribution in [1.82, 2.24) is 0 Å². The fraction of sp³-hybridized carbons (Fsp3) is 0. The zero-order valence-corrected chi connectivity index (χ0v) is 9.29. The van der Waals surface area contributed by atoms with Gasteiger partial charge in [0.25, 0.3) is 5.91 Å². The highest BCUT2D eigenvalue weighted by Crippen LogP contribution is 2.21. The molecule has 4 nitrogen and oxygen atoms in total. The van der Waals surface area contributed by atoms with Crippen molar-refractivity contribution in [2.75, 3.05) is 11.1 Å². The molecule has 3 N–H and O–H groups in total. The lowest BCUT2D eigenvalue weighted by Gasteiger charge is -2.06. The first kappa shape index (κ1) is 11.5. The van der Waals surface area contributed by atoms with E-state index in [0.29, 0.717) is 5.69 Å². The van der Waals surface area contributed by atoms with Crippen molar-refractivity contribution in [2.24, 2.45) is 0 Å². The molecule has 0 aliphatic carbocycles. The number of hydrogen-bond acceptors (Lipinski definition) is 3. The summed E-state index contributed by atoms with van der Waals surface area (Å²) >= 11 is 5.54. The number of nitrogen functional groups attached to an aromatic ring is 1. The summed E-state index contributed by atoms with van der Waals surface area (Å²) in [5, 5.41) is 2.60. The summed E-state index contributed by atoms with van der Waals surface area (Å²) in [5.74, 6) is -0.921. The van der Waals surface area contributed by atoms with Crippen molar-refractivity contribution in [3.63, 3.8) is 0 Å². The van der Waals surface area contributed by atoms with E-state index in [1.54, 1.807) is 0 Å². The smallest absolute Gasteiger partial charge is 0.291 e. The Morgan fingerprint density at radius 3 is 2.71 bits per heavy atom. The van der Waals surface area contributed by atoms with Crippen LogP contribution in [0, 0.1) is 5.82 Å². The van der Waals surface area contributed by atoms with Gasteiger partial charge in [0.05, 0.1) is 11.4 Å². The summed E-state index contributed by atoms with van der Waals surface area (Å²) in [6.45, 7) is 0. The maximum Gasteiger partial charge on any atom is 0.291 e. The van der Waals surface area contributed by atoms with Crippen LogP contribution in [0.2, 0.25) is 5.22 Å². The molecule has 17 heavy (non-hydrogen) atoms. The van der Waals surface area contributed by atoms with Crippen molar-refractivity contribution >= 4 is 28.9 Å². The Morgan fingerprint density at radius 1 is 1.35 bits per heavy atom. The van der Waals surface area contributed by atoms with Gasteiger partial charge in [-0.1, -0.05) is 0 Å². The predicted octanol–water partition coefficient (Wildman–Crippen LogP) is 2.91. The average Bonchev–Trinajstić information content (AvgIpc) is 2.69. The van der Waals surface area contributed by atoms with Gasteiger partial charge in [-0.2, -0.15) is 0 Å². The first-order valence-corrected chi connectivity index (χ1v) is 5.06. The number of carbonyl (C=O) groups is 1. The van der Waals surface area contributed by atoms with Crippen molar-refractivity contribution in [3.05, 3.63) is 47.1 Å². The highest BCUT2D eigenvalue weighted by molar-refractivity contribution is 6.29. The number of rotatable bonds is 2.